The molecule has 0 saturated heterocycles. The maximum absolute atomic E-state index is 10.0. The smallest absolute Gasteiger partial charge is 0.291 e. The molecule has 148 valence electrons. The first-order chi connectivity index (χ1) is 13.2. The van der Waals surface area contributed by atoms with Crippen molar-refractivity contribution in [3.05, 3.63) is 58.1 Å². The van der Waals surface area contributed by atoms with Crippen LogP contribution in [0.4, 0.5) is 10.8 Å². The average molecular weight is 403 g/mol. The van der Waals surface area contributed by atoms with E-state index in [1.165, 1.54) is 11.3 Å². The summed E-state index contributed by atoms with van der Waals surface area (Å²) in [6.45, 7) is 6.10. The maximum Gasteiger partial charge on any atom is 0.291 e. The molecule has 0 aliphatic carbocycles. The number of aromatic hydroxyl groups is 1. The van der Waals surface area contributed by atoms with Crippen LogP contribution in [0.25, 0.3) is 10.8 Å². The number of thiazole rings is 1. The summed E-state index contributed by atoms with van der Waals surface area (Å²) in [4.78, 5) is 17.3. The van der Waals surface area contributed by atoms with Crippen LogP contribution >= 0.6 is 11.3 Å². The molecule has 1 heterocycles. The maximum atomic E-state index is 10.0. The quantitative estimate of drug-likeness (QED) is 0.216. The first-order valence-corrected chi connectivity index (χ1v) is 9.11. The fourth-order valence-corrected chi connectivity index (χ4v) is 2.87. The van der Waals surface area contributed by atoms with Gasteiger partial charge in [0.25, 0.3) is 5.09 Å². The molecule has 3 aromatic rings. The Labute approximate surface area is 165 Å². The number of hydrogen-bond acceptors (Lipinski definition) is 6. The van der Waals surface area contributed by atoms with Crippen molar-refractivity contribution >= 4 is 38.9 Å². The molecule has 1 aromatic heterocycles. The molecule has 2 aromatic carbocycles. The molecule has 0 atom stereocenters. The standard InChI is InChI=1S/C18H20N4OS.HNO3/c1-18(2,3)22-16(21-17-19-10-11-24-17)20-14-8-4-7-13-12(14)6-5-9-15(13)23;2-1(3)4/h4-11,23H,1-3H3,(H2,19,20,21,22);(H,2,3,4). The number of aromatic nitrogens is 1. The number of phenols is 1. The lowest BCUT2D eigenvalue weighted by Crippen LogP contribution is -2.27. The molecule has 9 nitrogen and oxygen atoms in total. The summed E-state index contributed by atoms with van der Waals surface area (Å²) in [6, 6.07) is 11.2. The van der Waals surface area contributed by atoms with Gasteiger partial charge in [-0.25, -0.2) is 9.98 Å². The molecular weight excluding hydrogens is 382 g/mol. The number of anilines is 2. The van der Waals surface area contributed by atoms with Gasteiger partial charge in [0.15, 0.2) is 5.13 Å². The molecule has 0 radical (unpaired) electrons. The predicted octanol–water partition coefficient (Wildman–Crippen LogP) is 4.33. The minimum atomic E-state index is -1.50. The first kappa shape index (κ1) is 20.9. The topological polar surface area (TPSA) is 133 Å². The number of phenolic OH excluding ortho intramolecular Hbond substituents is 1. The molecule has 0 amide bonds. The van der Waals surface area contributed by atoms with Crippen LogP contribution in [0.2, 0.25) is 0 Å². The van der Waals surface area contributed by atoms with Crippen molar-refractivity contribution in [1.82, 2.24) is 4.98 Å². The molecule has 0 aliphatic heterocycles. The van der Waals surface area contributed by atoms with E-state index >= 15 is 0 Å². The lowest BCUT2D eigenvalue weighted by Gasteiger charge is -2.18. The first-order valence-electron chi connectivity index (χ1n) is 8.23. The minimum absolute atomic E-state index is 0.251. The lowest BCUT2D eigenvalue weighted by molar-refractivity contribution is -0.742. The van der Waals surface area contributed by atoms with E-state index < -0.39 is 5.09 Å². The zero-order chi connectivity index (χ0) is 20.7. The van der Waals surface area contributed by atoms with E-state index in [0.717, 1.165) is 21.6 Å². The molecule has 0 unspecified atom stereocenters. The van der Waals surface area contributed by atoms with Gasteiger partial charge in [-0.2, -0.15) is 0 Å². The lowest BCUT2D eigenvalue weighted by atomic mass is 10.1. The van der Waals surface area contributed by atoms with Crippen LogP contribution in [-0.2, 0) is 0 Å². The van der Waals surface area contributed by atoms with E-state index in [9.17, 15) is 5.11 Å². The van der Waals surface area contributed by atoms with Crippen molar-refractivity contribution in [2.75, 3.05) is 10.6 Å². The molecule has 0 bridgehead atoms. The van der Waals surface area contributed by atoms with Gasteiger partial charge in [-0.3, -0.25) is 0 Å². The van der Waals surface area contributed by atoms with Gasteiger partial charge in [0.1, 0.15) is 5.75 Å². The second-order valence-corrected chi connectivity index (χ2v) is 7.53. The Kier molecular flexibility index (Phi) is 6.72. The van der Waals surface area contributed by atoms with Crippen molar-refractivity contribution in [3.8, 4) is 5.75 Å². The number of fused-ring (bicyclic) bond motifs is 1. The molecule has 10 heteroatoms. The number of guanidine groups is 1. The molecule has 0 saturated carbocycles. The van der Waals surface area contributed by atoms with Crippen molar-refractivity contribution in [2.45, 2.75) is 26.3 Å². The summed E-state index contributed by atoms with van der Waals surface area (Å²) in [5, 5.41) is 34.7. The van der Waals surface area contributed by atoms with E-state index in [0.29, 0.717) is 5.96 Å². The Bertz CT molecular complexity index is 964. The molecule has 28 heavy (non-hydrogen) atoms. The average Bonchev–Trinajstić information content (AvgIpc) is 3.07. The minimum Gasteiger partial charge on any atom is -0.507 e. The zero-order valence-electron chi connectivity index (χ0n) is 15.6. The summed E-state index contributed by atoms with van der Waals surface area (Å²) in [5.74, 6) is 0.881. The molecule has 0 aliphatic rings. The zero-order valence-corrected chi connectivity index (χ0v) is 16.4. The predicted molar refractivity (Wildman–Crippen MR) is 111 cm³/mol. The van der Waals surface area contributed by atoms with Crippen molar-refractivity contribution in [1.29, 1.82) is 0 Å². The van der Waals surface area contributed by atoms with Crippen LogP contribution in [0.5, 0.6) is 5.75 Å². The summed E-state index contributed by atoms with van der Waals surface area (Å²) < 4.78 is 0. The van der Waals surface area contributed by atoms with Gasteiger partial charge in [0.2, 0.25) is 5.96 Å². The summed E-state index contributed by atoms with van der Waals surface area (Å²) in [6.07, 6.45) is 1.75. The Morgan fingerprint density at radius 1 is 1.18 bits per heavy atom. The van der Waals surface area contributed by atoms with Crippen LogP contribution in [-0.4, -0.2) is 31.9 Å². The Morgan fingerprint density at radius 3 is 2.43 bits per heavy atom. The number of nitrogens with one attached hydrogen (secondary N) is 2. The van der Waals surface area contributed by atoms with Gasteiger partial charge in [0, 0.05) is 28.0 Å². The fraction of sp³-hybridized carbons (Fsp3) is 0.222. The van der Waals surface area contributed by atoms with Crippen LogP contribution in [0.3, 0.4) is 0 Å². The summed E-state index contributed by atoms with van der Waals surface area (Å²) >= 11 is 1.51. The number of benzene rings is 2. The van der Waals surface area contributed by atoms with E-state index in [-0.39, 0.29) is 11.3 Å². The third-order valence-corrected chi connectivity index (χ3v) is 3.95. The van der Waals surface area contributed by atoms with E-state index in [1.807, 2.05) is 56.5 Å². The van der Waals surface area contributed by atoms with E-state index in [2.05, 4.69) is 15.6 Å². The third-order valence-electron chi connectivity index (χ3n) is 3.26. The fourth-order valence-electron chi connectivity index (χ4n) is 2.34. The Morgan fingerprint density at radius 2 is 1.82 bits per heavy atom. The number of rotatable bonds is 2. The largest absolute Gasteiger partial charge is 0.507 e. The van der Waals surface area contributed by atoms with Crippen molar-refractivity contribution < 1.29 is 15.4 Å². The Hall–Kier alpha value is -3.40. The van der Waals surface area contributed by atoms with Gasteiger partial charge >= 0.3 is 0 Å². The van der Waals surface area contributed by atoms with Gasteiger partial charge in [-0.1, -0.05) is 24.3 Å². The highest BCUT2D eigenvalue weighted by molar-refractivity contribution is 7.13. The van der Waals surface area contributed by atoms with Crippen molar-refractivity contribution in [3.63, 3.8) is 0 Å². The summed E-state index contributed by atoms with van der Waals surface area (Å²) in [5.41, 5.74) is 0.620. The van der Waals surface area contributed by atoms with Gasteiger partial charge in [-0.15, -0.1) is 21.5 Å². The highest BCUT2D eigenvalue weighted by atomic mass is 32.1. The molecule has 0 spiro atoms. The van der Waals surface area contributed by atoms with E-state index in [1.54, 1.807) is 12.3 Å². The second kappa shape index (κ2) is 9.00. The van der Waals surface area contributed by atoms with Crippen LogP contribution in [0.1, 0.15) is 20.8 Å². The monoisotopic (exact) mass is 403 g/mol. The molecular formula is C18H21N5O4S. The second-order valence-electron chi connectivity index (χ2n) is 6.63. The number of nitrogens with zero attached hydrogens (tertiary/aromatic N) is 3. The van der Waals surface area contributed by atoms with Crippen LogP contribution in [0, 0.1) is 10.1 Å². The summed E-state index contributed by atoms with van der Waals surface area (Å²) in [7, 11) is 0. The number of aliphatic imine (C=N–C) groups is 1. The van der Waals surface area contributed by atoms with E-state index in [4.69, 9.17) is 20.3 Å². The van der Waals surface area contributed by atoms with Crippen molar-refractivity contribution in [2.24, 2.45) is 4.99 Å². The Balaban J connectivity index is 0.000000640. The normalized spacial score (nSPS) is 11.5. The highest BCUT2D eigenvalue weighted by Crippen LogP contribution is 2.30. The molecule has 4 N–H and O–H groups in total. The molecule has 3 rings (SSSR count). The van der Waals surface area contributed by atoms with Crippen LogP contribution < -0.4 is 10.6 Å². The van der Waals surface area contributed by atoms with Gasteiger partial charge < -0.3 is 20.9 Å². The number of hydrogen-bond donors (Lipinski definition) is 4. The third kappa shape index (κ3) is 6.40. The highest BCUT2D eigenvalue weighted by Gasteiger charge is 2.13. The van der Waals surface area contributed by atoms with Crippen LogP contribution in [0.15, 0.2) is 53.0 Å². The SMILES string of the molecule is CC(C)(C)N=C(Nc1nccs1)Nc1cccc2c(O)cccc12.O=[N+]([O-])O. The van der Waals surface area contributed by atoms with Gasteiger partial charge in [0.05, 0.1) is 5.54 Å². The molecule has 0 fully saturated rings. The van der Waals surface area contributed by atoms with Gasteiger partial charge in [-0.05, 0) is 32.9 Å².